The van der Waals surface area contributed by atoms with Gasteiger partial charge >= 0.3 is 0 Å². The molecule has 0 N–H and O–H groups in total. The average Bonchev–Trinajstić information content (AvgIpc) is 3.13. The largest absolute Gasteiger partial charge is 0.494 e. The molecule has 4 rings (SSSR count). The zero-order chi connectivity index (χ0) is 16.5. The van der Waals surface area contributed by atoms with Crippen LogP contribution in [0.5, 0.6) is 5.75 Å². The molecule has 3 atom stereocenters. The molecule has 2 aliphatic rings. The van der Waals surface area contributed by atoms with Crippen molar-refractivity contribution in [3.05, 3.63) is 59.9 Å². The summed E-state index contributed by atoms with van der Waals surface area (Å²) in [5.41, 5.74) is 2.30. The van der Waals surface area contributed by atoms with E-state index in [1.807, 2.05) is 37.0 Å². The van der Waals surface area contributed by atoms with Crippen molar-refractivity contribution in [2.75, 3.05) is 13.2 Å². The van der Waals surface area contributed by atoms with Gasteiger partial charge in [0.25, 0.3) is 0 Å². The molecule has 0 radical (unpaired) electrons. The van der Waals surface area contributed by atoms with Crippen LogP contribution in [0.25, 0.3) is 0 Å². The van der Waals surface area contributed by atoms with Crippen molar-refractivity contribution < 1.29 is 4.74 Å². The highest BCUT2D eigenvalue weighted by molar-refractivity contribution is 8.14. The first-order valence-electron chi connectivity index (χ1n) is 8.41. The predicted octanol–water partition coefficient (Wildman–Crippen LogP) is 4.07. The Hall–Kier alpha value is -2.01. The van der Waals surface area contributed by atoms with E-state index in [1.165, 1.54) is 5.56 Å². The van der Waals surface area contributed by atoms with E-state index in [9.17, 15) is 0 Å². The molecule has 1 saturated heterocycles. The standard InChI is InChI=1S/C19H21N3OS/c1-3-23-15-9-7-14(8-10-15)18-17(16-6-4-5-11-20-16)21-19-22(18)12-13(2)24-19/h4-11,13,17-18H,3,12H2,1-2H3/t13-,17-,18+/m0/s1. The number of aromatic nitrogens is 1. The summed E-state index contributed by atoms with van der Waals surface area (Å²) in [6.45, 7) is 5.99. The Morgan fingerprint density at radius 2 is 2.04 bits per heavy atom. The van der Waals surface area contributed by atoms with Crippen LogP contribution >= 0.6 is 11.8 Å². The summed E-state index contributed by atoms with van der Waals surface area (Å²) in [6, 6.07) is 14.8. The van der Waals surface area contributed by atoms with Gasteiger partial charge < -0.3 is 9.64 Å². The Morgan fingerprint density at radius 3 is 2.75 bits per heavy atom. The van der Waals surface area contributed by atoms with Gasteiger partial charge in [0, 0.05) is 18.0 Å². The summed E-state index contributed by atoms with van der Waals surface area (Å²) in [5, 5.41) is 1.73. The van der Waals surface area contributed by atoms with Crippen molar-refractivity contribution in [3.63, 3.8) is 0 Å². The van der Waals surface area contributed by atoms with E-state index >= 15 is 0 Å². The highest BCUT2D eigenvalue weighted by Crippen LogP contribution is 2.47. The number of amidine groups is 1. The monoisotopic (exact) mass is 339 g/mol. The lowest BCUT2D eigenvalue weighted by Crippen LogP contribution is -2.28. The van der Waals surface area contributed by atoms with Gasteiger partial charge in [-0.05, 0) is 36.8 Å². The van der Waals surface area contributed by atoms with Gasteiger partial charge in [0.15, 0.2) is 5.17 Å². The fourth-order valence-electron chi connectivity index (χ4n) is 3.41. The molecule has 2 aliphatic heterocycles. The number of hydrogen-bond donors (Lipinski definition) is 0. The van der Waals surface area contributed by atoms with Crippen molar-refractivity contribution in [2.24, 2.45) is 4.99 Å². The van der Waals surface area contributed by atoms with E-state index in [4.69, 9.17) is 9.73 Å². The number of benzene rings is 1. The first kappa shape index (κ1) is 15.5. The van der Waals surface area contributed by atoms with Crippen LogP contribution in [0.15, 0.2) is 53.7 Å². The maximum Gasteiger partial charge on any atom is 0.160 e. The Morgan fingerprint density at radius 1 is 1.21 bits per heavy atom. The van der Waals surface area contributed by atoms with Crippen LogP contribution < -0.4 is 4.74 Å². The SMILES string of the molecule is CCOc1ccc([C@@H]2[C@H](c3ccccn3)N=C3S[C@@H](C)CN32)cc1. The Kier molecular flexibility index (Phi) is 4.19. The highest BCUT2D eigenvalue weighted by Gasteiger charge is 2.43. The number of thioether (sulfide) groups is 1. The molecule has 3 heterocycles. The smallest absolute Gasteiger partial charge is 0.160 e. The van der Waals surface area contributed by atoms with Crippen molar-refractivity contribution in [1.82, 2.24) is 9.88 Å². The number of ether oxygens (including phenoxy) is 1. The fourth-order valence-corrected chi connectivity index (χ4v) is 4.50. The molecule has 1 fully saturated rings. The second-order valence-electron chi connectivity index (χ2n) is 6.14. The summed E-state index contributed by atoms with van der Waals surface area (Å²) in [5.74, 6) is 0.916. The normalized spacial score (nSPS) is 25.5. The lowest BCUT2D eigenvalue weighted by Gasteiger charge is -2.27. The van der Waals surface area contributed by atoms with Crippen LogP contribution in [-0.4, -0.2) is 33.5 Å². The topological polar surface area (TPSA) is 37.7 Å². The first-order chi connectivity index (χ1) is 11.8. The van der Waals surface area contributed by atoms with Crippen molar-refractivity contribution in [1.29, 1.82) is 0 Å². The Balaban J connectivity index is 1.70. The van der Waals surface area contributed by atoms with Gasteiger partial charge in [-0.1, -0.05) is 36.9 Å². The molecular formula is C19H21N3OS. The molecule has 0 spiro atoms. The molecule has 0 unspecified atom stereocenters. The molecular weight excluding hydrogens is 318 g/mol. The number of pyridine rings is 1. The number of rotatable bonds is 4. The third-order valence-corrected chi connectivity index (χ3v) is 5.52. The quantitative estimate of drug-likeness (QED) is 0.841. The number of fused-ring (bicyclic) bond motifs is 1. The second kappa shape index (κ2) is 6.48. The number of aliphatic imine (C=N–C) groups is 1. The highest BCUT2D eigenvalue weighted by atomic mass is 32.2. The molecule has 24 heavy (non-hydrogen) atoms. The van der Waals surface area contributed by atoms with E-state index in [0.717, 1.165) is 23.2 Å². The molecule has 4 nitrogen and oxygen atoms in total. The second-order valence-corrected chi connectivity index (χ2v) is 7.54. The van der Waals surface area contributed by atoms with Crippen LogP contribution in [-0.2, 0) is 0 Å². The van der Waals surface area contributed by atoms with Gasteiger partial charge in [-0.15, -0.1) is 0 Å². The molecule has 124 valence electrons. The Labute approximate surface area is 147 Å². The molecule has 0 aliphatic carbocycles. The van der Waals surface area contributed by atoms with Crippen LogP contribution in [0.2, 0.25) is 0 Å². The summed E-state index contributed by atoms with van der Waals surface area (Å²) >= 11 is 1.87. The molecule has 0 saturated carbocycles. The number of nitrogens with zero attached hydrogens (tertiary/aromatic N) is 3. The van der Waals surface area contributed by atoms with E-state index in [0.29, 0.717) is 11.9 Å². The molecule has 0 amide bonds. The van der Waals surface area contributed by atoms with E-state index in [2.05, 4.69) is 47.1 Å². The minimum absolute atomic E-state index is 0.0548. The third-order valence-electron chi connectivity index (χ3n) is 4.41. The maximum absolute atomic E-state index is 5.58. The van der Waals surface area contributed by atoms with Crippen LogP contribution in [0.1, 0.15) is 37.2 Å². The van der Waals surface area contributed by atoms with Crippen molar-refractivity contribution >= 4 is 16.9 Å². The molecule has 2 aromatic rings. The summed E-state index contributed by atoms with van der Waals surface area (Å²) in [6.07, 6.45) is 1.85. The Bertz CT molecular complexity index is 732. The first-order valence-corrected chi connectivity index (χ1v) is 9.29. The van der Waals surface area contributed by atoms with Crippen LogP contribution in [0, 0.1) is 0 Å². The van der Waals surface area contributed by atoms with E-state index in [1.54, 1.807) is 0 Å². The molecule has 1 aromatic heterocycles. The summed E-state index contributed by atoms with van der Waals surface area (Å²) < 4.78 is 5.58. The van der Waals surface area contributed by atoms with E-state index < -0.39 is 0 Å². The maximum atomic E-state index is 5.58. The fraction of sp³-hybridized carbons (Fsp3) is 0.368. The van der Waals surface area contributed by atoms with Gasteiger partial charge in [0.2, 0.25) is 0 Å². The number of hydrogen-bond acceptors (Lipinski definition) is 5. The van der Waals surface area contributed by atoms with Gasteiger partial charge in [0.05, 0.1) is 18.3 Å². The van der Waals surface area contributed by atoms with Crippen molar-refractivity contribution in [3.8, 4) is 5.75 Å². The van der Waals surface area contributed by atoms with E-state index in [-0.39, 0.29) is 12.1 Å². The zero-order valence-electron chi connectivity index (χ0n) is 13.9. The van der Waals surface area contributed by atoms with Crippen LogP contribution in [0.4, 0.5) is 0 Å². The third kappa shape index (κ3) is 2.77. The van der Waals surface area contributed by atoms with Gasteiger partial charge in [0.1, 0.15) is 11.8 Å². The summed E-state index contributed by atoms with van der Waals surface area (Å²) in [7, 11) is 0. The zero-order valence-corrected chi connectivity index (χ0v) is 14.7. The minimum Gasteiger partial charge on any atom is -0.494 e. The molecule has 1 aromatic carbocycles. The van der Waals surface area contributed by atoms with Gasteiger partial charge in [-0.25, -0.2) is 0 Å². The lowest BCUT2D eigenvalue weighted by molar-refractivity contribution is 0.319. The van der Waals surface area contributed by atoms with Gasteiger partial charge in [-0.2, -0.15) is 0 Å². The lowest BCUT2D eigenvalue weighted by atomic mass is 9.96. The predicted molar refractivity (Wildman–Crippen MR) is 98.5 cm³/mol. The van der Waals surface area contributed by atoms with Gasteiger partial charge in [-0.3, -0.25) is 9.98 Å². The van der Waals surface area contributed by atoms with Crippen molar-refractivity contribution in [2.45, 2.75) is 31.2 Å². The average molecular weight is 339 g/mol. The summed E-state index contributed by atoms with van der Waals surface area (Å²) in [4.78, 5) is 12.0. The minimum atomic E-state index is 0.0548. The molecule has 5 heteroatoms. The molecule has 0 bridgehead atoms. The van der Waals surface area contributed by atoms with Crippen LogP contribution in [0.3, 0.4) is 0 Å².